The van der Waals surface area contributed by atoms with Crippen molar-refractivity contribution < 1.29 is 0 Å². The zero-order valence-corrected chi connectivity index (χ0v) is 36.1. The maximum absolute atomic E-state index is 2.56. The molecule has 1 nitrogen and oxygen atoms in total. The van der Waals surface area contributed by atoms with Gasteiger partial charge in [0.1, 0.15) is 0 Å². The zero-order chi connectivity index (χ0) is 42.1. The summed E-state index contributed by atoms with van der Waals surface area (Å²) in [7, 11) is 0. The standard InChI is InChI=1S/C61H51N/c1-59(2)37-38-60(3,4)58-51(28-18-30-55(58)59)53-40-52-50-27-16-17-29-54(50)61(46-21-8-5-9-22-46,47-23-10-6-11-24-47)56(52)41-57(53)62(48-25-12-7-13-26-48)49-35-33-43(34-36-49)45-32-31-42-19-14-15-20-44(42)39-45/h5-36,39-41H,37-38H2,1-4H3. The van der Waals surface area contributed by atoms with Crippen molar-refractivity contribution in [2.24, 2.45) is 0 Å². The van der Waals surface area contributed by atoms with Crippen molar-refractivity contribution in [1.82, 2.24) is 0 Å². The third kappa shape index (κ3) is 5.98. The van der Waals surface area contributed by atoms with E-state index in [4.69, 9.17) is 0 Å². The van der Waals surface area contributed by atoms with Gasteiger partial charge in [0.2, 0.25) is 0 Å². The molecule has 0 bridgehead atoms. The number of fused-ring (bicyclic) bond motifs is 5. The van der Waals surface area contributed by atoms with Crippen LogP contribution in [0.15, 0.2) is 212 Å². The van der Waals surface area contributed by atoms with Crippen LogP contribution in [-0.2, 0) is 16.2 Å². The van der Waals surface area contributed by atoms with Crippen molar-refractivity contribution in [3.63, 3.8) is 0 Å². The summed E-state index contributed by atoms with van der Waals surface area (Å²) in [6.07, 6.45) is 2.30. The second-order valence-electron chi connectivity index (χ2n) is 18.7. The van der Waals surface area contributed by atoms with E-state index in [1.165, 1.54) is 83.2 Å². The second-order valence-corrected chi connectivity index (χ2v) is 18.7. The largest absolute Gasteiger partial charge is 0.310 e. The third-order valence-electron chi connectivity index (χ3n) is 14.2. The van der Waals surface area contributed by atoms with Crippen LogP contribution in [0.2, 0.25) is 0 Å². The lowest BCUT2D eigenvalue weighted by Crippen LogP contribution is -2.34. The van der Waals surface area contributed by atoms with Crippen LogP contribution in [0.5, 0.6) is 0 Å². The number of rotatable bonds is 7. The molecule has 300 valence electrons. The van der Waals surface area contributed by atoms with Gasteiger partial charge in [0.25, 0.3) is 0 Å². The van der Waals surface area contributed by atoms with Crippen molar-refractivity contribution in [1.29, 1.82) is 0 Å². The first-order chi connectivity index (χ1) is 30.2. The van der Waals surface area contributed by atoms with Crippen LogP contribution < -0.4 is 4.90 Å². The fourth-order valence-electron chi connectivity index (χ4n) is 11.0. The van der Waals surface area contributed by atoms with E-state index in [1.807, 2.05) is 0 Å². The number of anilines is 3. The van der Waals surface area contributed by atoms with Crippen molar-refractivity contribution in [2.75, 3.05) is 4.90 Å². The maximum Gasteiger partial charge on any atom is 0.0714 e. The molecule has 0 aliphatic heterocycles. The topological polar surface area (TPSA) is 3.24 Å². The third-order valence-corrected chi connectivity index (χ3v) is 14.2. The van der Waals surface area contributed by atoms with E-state index in [1.54, 1.807) is 0 Å². The van der Waals surface area contributed by atoms with Crippen molar-refractivity contribution in [3.8, 4) is 33.4 Å². The number of para-hydroxylation sites is 1. The second kappa shape index (κ2) is 14.6. The van der Waals surface area contributed by atoms with Crippen molar-refractivity contribution in [3.05, 3.63) is 246 Å². The highest BCUT2D eigenvalue weighted by atomic mass is 15.1. The molecule has 0 aromatic heterocycles. The van der Waals surface area contributed by atoms with E-state index in [9.17, 15) is 0 Å². The van der Waals surface area contributed by atoms with Gasteiger partial charge in [0.05, 0.1) is 11.1 Å². The predicted molar refractivity (Wildman–Crippen MR) is 262 cm³/mol. The van der Waals surface area contributed by atoms with Crippen LogP contribution in [0.25, 0.3) is 44.2 Å². The van der Waals surface area contributed by atoms with Gasteiger partial charge in [0.15, 0.2) is 0 Å². The van der Waals surface area contributed by atoms with Gasteiger partial charge in [0, 0.05) is 16.9 Å². The van der Waals surface area contributed by atoms with E-state index in [2.05, 4.69) is 245 Å². The molecule has 0 atom stereocenters. The minimum Gasteiger partial charge on any atom is -0.310 e. The molecular weight excluding hydrogens is 747 g/mol. The molecule has 11 rings (SSSR count). The molecule has 0 fully saturated rings. The SMILES string of the molecule is CC1(C)CCC(C)(C)c2c(-c3cc4c(cc3N(c3ccccc3)c3ccc(-c5ccc6ccccc6c5)cc3)C(c3ccccc3)(c3ccccc3)c3ccccc3-4)cccc21. The Labute approximate surface area is 367 Å². The van der Waals surface area contributed by atoms with Crippen LogP contribution in [0.1, 0.15) is 73.9 Å². The first-order valence-electron chi connectivity index (χ1n) is 22.2. The summed E-state index contributed by atoms with van der Waals surface area (Å²) in [5, 5.41) is 2.51. The fraction of sp³-hybridized carbons (Fsp3) is 0.148. The molecule has 1 heteroatoms. The van der Waals surface area contributed by atoms with Crippen LogP contribution in [0, 0.1) is 0 Å². The molecule has 0 saturated carbocycles. The molecule has 0 saturated heterocycles. The fourth-order valence-corrected chi connectivity index (χ4v) is 11.0. The van der Waals surface area contributed by atoms with Gasteiger partial charge >= 0.3 is 0 Å². The Morgan fingerprint density at radius 1 is 0.355 bits per heavy atom. The molecular formula is C61H51N. The Morgan fingerprint density at radius 2 is 0.903 bits per heavy atom. The lowest BCUT2D eigenvalue weighted by Gasteiger charge is -2.43. The summed E-state index contributed by atoms with van der Waals surface area (Å²) >= 11 is 0. The zero-order valence-electron chi connectivity index (χ0n) is 36.1. The molecule has 62 heavy (non-hydrogen) atoms. The number of nitrogens with zero attached hydrogens (tertiary/aromatic N) is 1. The van der Waals surface area contributed by atoms with Crippen LogP contribution in [-0.4, -0.2) is 0 Å². The number of hydrogen-bond donors (Lipinski definition) is 0. The Hall–Kier alpha value is -6.96. The van der Waals surface area contributed by atoms with Gasteiger partial charge in [-0.15, -0.1) is 0 Å². The van der Waals surface area contributed by atoms with Gasteiger partial charge in [-0.1, -0.05) is 198 Å². The van der Waals surface area contributed by atoms with E-state index >= 15 is 0 Å². The van der Waals surface area contributed by atoms with Gasteiger partial charge in [-0.25, -0.2) is 0 Å². The summed E-state index contributed by atoms with van der Waals surface area (Å²) in [4.78, 5) is 2.52. The number of benzene rings is 9. The lowest BCUT2D eigenvalue weighted by molar-refractivity contribution is 0.333. The molecule has 0 radical (unpaired) electrons. The first-order valence-corrected chi connectivity index (χ1v) is 22.2. The highest BCUT2D eigenvalue weighted by Gasteiger charge is 2.47. The normalized spacial score (nSPS) is 15.4. The van der Waals surface area contributed by atoms with Gasteiger partial charge in [-0.2, -0.15) is 0 Å². The average Bonchev–Trinajstić information content (AvgIpc) is 3.61. The molecule has 9 aromatic rings. The summed E-state index contributed by atoms with van der Waals surface area (Å²) in [5.41, 5.74) is 18.6. The molecule has 0 amide bonds. The molecule has 0 N–H and O–H groups in total. The first kappa shape index (κ1) is 38.0. The summed E-state index contributed by atoms with van der Waals surface area (Å²) in [6.45, 7) is 9.80. The Balaban J connectivity index is 1.23. The Morgan fingerprint density at radius 3 is 1.61 bits per heavy atom. The summed E-state index contributed by atoms with van der Waals surface area (Å²) < 4.78 is 0. The van der Waals surface area contributed by atoms with E-state index in [0.29, 0.717) is 0 Å². The Kier molecular flexibility index (Phi) is 8.95. The molecule has 9 aromatic carbocycles. The lowest BCUT2D eigenvalue weighted by atomic mass is 9.61. The summed E-state index contributed by atoms with van der Waals surface area (Å²) in [5.74, 6) is 0. The maximum atomic E-state index is 2.56. The predicted octanol–water partition coefficient (Wildman–Crippen LogP) is 16.4. The van der Waals surface area contributed by atoms with Gasteiger partial charge < -0.3 is 4.90 Å². The van der Waals surface area contributed by atoms with E-state index < -0.39 is 5.41 Å². The Bertz CT molecular complexity index is 3060. The van der Waals surface area contributed by atoms with Crippen LogP contribution >= 0.6 is 0 Å². The minimum absolute atomic E-state index is 0.00739. The quantitative estimate of drug-likeness (QED) is 0.155. The number of hydrogen-bond acceptors (Lipinski definition) is 1. The van der Waals surface area contributed by atoms with Gasteiger partial charge in [-0.05, 0) is 138 Å². The van der Waals surface area contributed by atoms with E-state index in [0.717, 1.165) is 24.2 Å². The minimum atomic E-state index is -0.540. The highest BCUT2D eigenvalue weighted by Crippen LogP contribution is 2.60. The molecule has 0 unspecified atom stereocenters. The molecule has 2 aliphatic carbocycles. The van der Waals surface area contributed by atoms with Crippen LogP contribution in [0.4, 0.5) is 17.1 Å². The smallest absolute Gasteiger partial charge is 0.0714 e. The van der Waals surface area contributed by atoms with Crippen molar-refractivity contribution >= 4 is 27.8 Å². The highest BCUT2D eigenvalue weighted by molar-refractivity contribution is 5.98. The van der Waals surface area contributed by atoms with Crippen LogP contribution in [0.3, 0.4) is 0 Å². The monoisotopic (exact) mass is 797 g/mol. The van der Waals surface area contributed by atoms with E-state index in [-0.39, 0.29) is 10.8 Å². The summed E-state index contributed by atoms with van der Waals surface area (Å²) in [6, 6.07) is 79.4. The molecule has 0 heterocycles. The average molecular weight is 798 g/mol. The molecule has 0 spiro atoms. The van der Waals surface area contributed by atoms with Gasteiger partial charge in [-0.3, -0.25) is 0 Å². The van der Waals surface area contributed by atoms with Crippen molar-refractivity contribution in [2.45, 2.75) is 56.8 Å². The molecule has 2 aliphatic rings.